The van der Waals surface area contributed by atoms with Gasteiger partial charge in [-0.3, -0.25) is 9.59 Å². The van der Waals surface area contributed by atoms with Gasteiger partial charge < -0.3 is 9.80 Å². The number of carbonyl (C=O) groups is 2. The molecule has 1 spiro atoms. The number of carbonyl (C=O) groups excluding carboxylic acids is 2. The highest BCUT2D eigenvalue weighted by atomic mass is 35.5. The normalized spacial score (nSPS) is 22.6. The molecule has 0 radical (unpaired) electrons. The van der Waals surface area contributed by atoms with Crippen LogP contribution < -0.4 is 0 Å². The van der Waals surface area contributed by atoms with Gasteiger partial charge >= 0.3 is 0 Å². The van der Waals surface area contributed by atoms with Crippen molar-refractivity contribution < 1.29 is 9.59 Å². The first-order valence-electron chi connectivity index (χ1n) is 10.9. The van der Waals surface area contributed by atoms with Crippen LogP contribution in [0.3, 0.4) is 0 Å². The largest absolute Gasteiger partial charge is 0.343 e. The molecule has 5 heteroatoms. The summed E-state index contributed by atoms with van der Waals surface area (Å²) in [7, 11) is 0. The van der Waals surface area contributed by atoms with Crippen molar-refractivity contribution in [1.29, 1.82) is 0 Å². The van der Waals surface area contributed by atoms with Crippen LogP contribution in [-0.4, -0.2) is 47.8 Å². The fourth-order valence-corrected chi connectivity index (χ4v) is 5.52. The van der Waals surface area contributed by atoms with Gasteiger partial charge in [-0.25, -0.2) is 0 Å². The predicted octanol–water partition coefficient (Wildman–Crippen LogP) is 4.77. The maximum Gasteiger partial charge on any atom is 0.253 e. The number of amides is 2. The SMILES string of the molecule is O=C(CC1CCC2(CC1)CCN(C(=O)c1cccc(Cl)c1)CC2)N1CCCC1. The number of piperidine rings is 1. The van der Waals surface area contributed by atoms with Gasteiger partial charge in [-0.05, 0) is 80.9 Å². The Bertz CT molecular complexity index is 711. The summed E-state index contributed by atoms with van der Waals surface area (Å²) in [5, 5.41) is 0.612. The highest BCUT2D eigenvalue weighted by Crippen LogP contribution is 2.47. The van der Waals surface area contributed by atoms with E-state index >= 15 is 0 Å². The van der Waals surface area contributed by atoms with Crippen LogP contribution in [0, 0.1) is 11.3 Å². The average molecular weight is 403 g/mol. The summed E-state index contributed by atoms with van der Waals surface area (Å²) in [6.45, 7) is 3.60. The van der Waals surface area contributed by atoms with Crippen molar-refractivity contribution >= 4 is 23.4 Å². The van der Waals surface area contributed by atoms with Crippen LogP contribution in [-0.2, 0) is 4.79 Å². The molecule has 1 saturated carbocycles. The van der Waals surface area contributed by atoms with Gasteiger partial charge in [0.1, 0.15) is 0 Å². The minimum Gasteiger partial charge on any atom is -0.343 e. The van der Waals surface area contributed by atoms with Crippen LogP contribution in [0.2, 0.25) is 5.02 Å². The molecule has 1 aromatic rings. The van der Waals surface area contributed by atoms with Gasteiger partial charge in [-0.2, -0.15) is 0 Å². The van der Waals surface area contributed by atoms with Crippen molar-refractivity contribution in [2.75, 3.05) is 26.2 Å². The van der Waals surface area contributed by atoms with E-state index in [0.29, 0.717) is 27.8 Å². The second-order valence-corrected chi connectivity index (χ2v) is 9.47. The lowest BCUT2D eigenvalue weighted by Gasteiger charge is -2.46. The van der Waals surface area contributed by atoms with Crippen molar-refractivity contribution in [2.24, 2.45) is 11.3 Å². The van der Waals surface area contributed by atoms with Crippen LogP contribution in [0.5, 0.6) is 0 Å². The molecule has 0 N–H and O–H groups in total. The highest BCUT2D eigenvalue weighted by Gasteiger charge is 2.39. The van der Waals surface area contributed by atoms with Gasteiger partial charge in [-0.1, -0.05) is 17.7 Å². The zero-order valence-corrected chi connectivity index (χ0v) is 17.4. The summed E-state index contributed by atoms with van der Waals surface area (Å²) in [4.78, 5) is 29.2. The van der Waals surface area contributed by atoms with Gasteiger partial charge in [-0.15, -0.1) is 0 Å². The monoisotopic (exact) mass is 402 g/mol. The van der Waals surface area contributed by atoms with E-state index in [2.05, 4.69) is 4.90 Å². The minimum absolute atomic E-state index is 0.0993. The standard InChI is InChI=1S/C23H31ClN2O2/c24-20-5-3-4-19(17-20)22(28)26-14-10-23(11-15-26)8-6-18(7-9-23)16-21(27)25-12-1-2-13-25/h3-5,17-18H,1-2,6-16H2. The van der Waals surface area contributed by atoms with Crippen molar-refractivity contribution in [3.8, 4) is 0 Å². The number of rotatable bonds is 3. The molecule has 4 rings (SSSR count). The second kappa shape index (κ2) is 8.44. The summed E-state index contributed by atoms with van der Waals surface area (Å²) in [6.07, 6.45) is 10.0. The third kappa shape index (κ3) is 4.37. The Morgan fingerprint density at radius 2 is 1.64 bits per heavy atom. The zero-order valence-electron chi connectivity index (χ0n) is 16.7. The number of nitrogens with zero attached hydrogens (tertiary/aromatic N) is 2. The molecule has 0 aromatic heterocycles. The first kappa shape index (κ1) is 19.8. The summed E-state index contributed by atoms with van der Waals surface area (Å²) >= 11 is 6.04. The maximum atomic E-state index is 12.7. The quantitative estimate of drug-likeness (QED) is 0.730. The molecule has 0 bridgehead atoms. The fraction of sp³-hybridized carbons (Fsp3) is 0.652. The van der Waals surface area contributed by atoms with Crippen molar-refractivity contribution in [3.63, 3.8) is 0 Å². The summed E-state index contributed by atoms with van der Waals surface area (Å²) in [5.74, 6) is 1.03. The van der Waals surface area contributed by atoms with Gasteiger partial charge in [0.2, 0.25) is 5.91 Å². The molecule has 152 valence electrons. The first-order valence-corrected chi connectivity index (χ1v) is 11.3. The summed E-state index contributed by atoms with van der Waals surface area (Å²) in [5.41, 5.74) is 1.07. The van der Waals surface area contributed by atoms with Crippen molar-refractivity contribution in [2.45, 2.75) is 57.8 Å². The molecule has 3 fully saturated rings. The van der Waals surface area contributed by atoms with Gasteiger partial charge in [0.25, 0.3) is 5.91 Å². The smallest absolute Gasteiger partial charge is 0.253 e. The number of likely N-dealkylation sites (tertiary alicyclic amines) is 2. The molecule has 0 atom stereocenters. The van der Waals surface area contributed by atoms with E-state index in [1.54, 1.807) is 12.1 Å². The fourth-order valence-electron chi connectivity index (χ4n) is 5.32. The minimum atomic E-state index is 0.0993. The van der Waals surface area contributed by atoms with E-state index < -0.39 is 0 Å². The zero-order chi connectivity index (χ0) is 19.6. The van der Waals surface area contributed by atoms with Crippen LogP contribution in [0.15, 0.2) is 24.3 Å². The number of hydrogen-bond acceptors (Lipinski definition) is 2. The van der Waals surface area contributed by atoms with Crippen LogP contribution >= 0.6 is 11.6 Å². The van der Waals surface area contributed by atoms with Gasteiger partial charge in [0.05, 0.1) is 0 Å². The lowest BCUT2D eigenvalue weighted by Crippen LogP contribution is -2.44. The molecular weight excluding hydrogens is 372 g/mol. The number of halogens is 1. The highest BCUT2D eigenvalue weighted by molar-refractivity contribution is 6.30. The molecular formula is C23H31ClN2O2. The Balaban J connectivity index is 1.26. The molecule has 0 unspecified atom stereocenters. The molecule has 1 aliphatic carbocycles. The van der Waals surface area contributed by atoms with Crippen molar-refractivity contribution in [3.05, 3.63) is 34.9 Å². The van der Waals surface area contributed by atoms with Crippen LogP contribution in [0.4, 0.5) is 0 Å². The Morgan fingerprint density at radius 3 is 2.29 bits per heavy atom. The molecule has 4 nitrogen and oxygen atoms in total. The van der Waals surface area contributed by atoms with E-state index in [-0.39, 0.29) is 5.91 Å². The molecule has 2 amide bonds. The van der Waals surface area contributed by atoms with Crippen LogP contribution in [0.25, 0.3) is 0 Å². The average Bonchev–Trinajstić information content (AvgIpc) is 3.25. The third-order valence-electron chi connectivity index (χ3n) is 7.27. The van der Waals surface area contributed by atoms with Crippen molar-refractivity contribution in [1.82, 2.24) is 9.80 Å². The third-order valence-corrected chi connectivity index (χ3v) is 7.51. The van der Waals surface area contributed by atoms with Crippen LogP contribution in [0.1, 0.15) is 68.1 Å². The topological polar surface area (TPSA) is 40.6 Å². The van der Waals surface area contributed by atoms with E-state index in [0.717, 1.165) is 45.4 Å². The second-order valence-electron chi connectivity index (χ2n) is 9.04. The molecule has 3 aliphatic rings. The van der Waals surface area contributed by atoms with E-state index in [1.165, 1.54) is 38.5 Å². The Hall–Kier alpha value is -1.55. The van der Waals surface area contributed by atoms with E-state index in [1.807, 2.05) is 17.0 Å². The number of hydrogen-bond donors (Lipinski definition) is 0. The molecule has 2 saturated heterocycles. The maximum absolute atomic E-state index is 12.7. The lowest BCUT2D eigenvalue weighted by atomic mass is 9.65. The molecule has 2 heterocycles. The van der Waals surface area contributed by atoms with Gasteiger partial charge in [0, 0.05) is 43.2 Å². The van der Waals surface area contributed by atoms with E-state index in [9.17, 15) is 9.59 Å². The molecule has 1 aromatic carbocycles. The molecule has 28 heavy (non-hydrogen) atoms. The Morgan fingerprint density at radius 1 is 0.964 bits per heavy atom. The Kier molecular flexibility index (Phi) is 5.96. The number of benzene rings is 1. The summed E-state index contributed by atoms with van der Waals surface area (Å²) < 4.78 is 0. The summed E-state index contributed by atoms with van der Waals surface area (Å²) in [6, 6.07) is 7.25. The van der Waals surface area contributed by atoms with Gasteiger partial charge in [0.15, 0.2) is 0 Å². The predicted molar refractivity (Wildman–Crippen MR) is 111 cm³/mol. The van der Waals surface area contributed by atoms with E-state index in [4.69, 9.17) is 11.6 Å². The first-order chi connectivity index (χ1) is 13.5. The molecule has 2 aliphatic heterocycles. The lowest BCUT2D eigenvalue weighted by molar-refractivity contribution is -0.131. The Labute approximate surface area is 173 Å².